The van der Waals surface area contributed by atoms with Gasteiger partial charge in [0.1, 0.15) is 17.5 Å². The number of aryl methyl sites for hydroxylation is 1. The number of ether oxygens (including phenoxy) is 1. The van der Waals surface area contributed by atoms with Gasteiger partial charge in [-0.3, -0.25) is 4.68 Å². The molecule has 1 aromatic heterocycles. The summed E-state index contributed by atoms with van der Waals surface area (Å²) < 4.78 is 7.01. The Balaban J connectivity index is 2.34. The Morgan fingerprint density at radius 1 is 1.39 bits per heavy atom. The van der Waals surface area contributed by atoms with Crippen LogP contribution in [-0.2, 0) is 7.05 Å². The van der Waals surface area contributed by atoms with Gasteiger partial charge in [-0.15, -0.1) is 0 Å². The number of benzene rings is 1. The van der Waals surface area contributed by atoms with E-state index >= 15 is 0 Å². The van der Waals surface area contributed by atoms with Gasteiger partial charge < -0.3 is 9.84 Å². The van der Waals surface area contributed by atoms with Crippen molar-refractivity contribution in [1.82, 2.24) is 9.78 Å². The zero-order valence-corrected chi connectivity index (χ0v) is 13.6. The van der Waals surface area contributed by atoms with E-state index in [2.05, 4.69) is 31.9 Å². The quantitative estimate of drug-likeness (QED) is 0.937. The van der Waals surface area contributed by atoms with Gasteiger partial charge in [-0.25, -0.2) is 4.79 Å². The molecular weight excluding hydrogens is 294 g/mol. The van der Waals surface area contributed by atoms with Crippen molar-refractivity contribution in [2.75, 3.05) is 6.61 Å². The maximum absolute atomic E-state index is 11.1. The molecule has 2 aromatic rings. The van der Waals surface area contributed by atoms with Crippen LogP contribution in [0, 0.1) is 16.7 Å². The number of hydrogen-bond acceptors (Lipinski definition) is 4. The van der Waals surface area contributed by atoms with Gasteiger partial charge in [0.05, 0.1) is 17.9 Å². The maximum Gasteiger partial charge on any atom is 0.354 e. The van der Waals surface area contributed by atoms with Crippen LogP contribution in [0.15, 0.2) is 24.3 Å². The molecule has 0 aliphatic heterocycles. The molecule has 1 heterocycles. The molecule has 0 atom stereocenters. The van der Waals surface area contributed by atoms with Crippen molar-refractivity contribution < 1.29 is 14.6 Å². The first-order chi connectivity index (χ1) is 10.7. The van der Waals surface area contributed by atoms with E-state index in [1.807, 2.05) is 0 Å². The minimum absolute atomic E-state index is 0.0111. The second-order valence-corrected chi connectivity index (χ2v) is 6.52. The Hall–Kier alpha value is -2.81. The Bertz CT molecular complexity index is 779. The molecule has 0 aliphatic carbocycles. The summed E-state index contributed by atoms with van der Waals surface area (Å²) in [5, 5.41) is 22.6. The van der Waals surface area contributed by atoms with Gasteiger partial charge in [-0.05, 0) is 29.7 Å². The van der Waals surface area contributed by atoms with E-state index in [9.17, 15) is 10.1 Å². The van der Waals surface area contributed by atoms with Crippen LogP contribution in [0.4, 0.5) is 0 Å². The molecule has 0 bridgehead atoms. The largest absolute Gasteiger partial charge is 0.492 e. The zero-order chi connectivity index (χ0) is 17.2. The molecule has 0 spiro atoms. The molecule has 23 heavy (non-hydrogen) atoms. The fraction of sp³-hybridized carbons (Fsp3) is 0.353. The van der Waals surface area contributed by atoms with Crippen LogP contribution in [0.3, 0.4) is 0 Å². The standard InChI is InChI=1S/C17H19N3O3/c1-17(2,3)10-23-15-6-5-11(7-12(15)9-18)13-8-14(16(21)22)20(4)19-13/h5-8H,10H2,1-4H3,(H,21,22). The van der Waals surface area contributed by atoms with Crippen molar-refractivity contribution in [1.29, 1.82) is 5.26 Å². The van der Waals surface area contributed by atoms with Crippen LogP contribution in [-0.4, -0.2) is 27.5 Å². The van der Waals surface area contributed by atoms with Crippen molar-refractivity contribution in [3.8, 4) is 23.1 Å². The van der Waals surface area contributed by atoms with E-state index in [0.717, 1.165) is 0 Å². The molecule has 0 saturated carbocycles. The molecule has 6 heteroatoms. The smallest absolute Gasteiger partial charge is 0.354 e. The Morgan fingerprint density at radius 3 is 2.61 bits per heavy atom. The van der Waals surface area contributed by atoms with Gasteiger partial charge in [0.2, 0.25) is 0 Å². The average molecular weight is 313 g/mol. The molecule has 1 aromatic carbocycles. The van der Waals surface area contributed by atoms with Crippen LogP contribution >= 0.6 is 0 Å². The van der Waals surface area contributed by atoms with Gasteiger partial charge in [-0.2, -0.15) is 10.4 Å². The minimum atomic E-state index is -1.04. The molecule has 6 nitrogen and oxygen atoms in total. The zero-order valence-electron chi connectivity index (χ0n) is 13.6. The number of hydrogen-bond donors (Lipinski definition) is 1. The summed E-state index contributed by atoms with van der Waals surface area (Å²) in [5.74, 6) is -0.530. The van der Waals surface area contributed by atoms with Crippen molar-refractivity contribution in [3.63, 3.8) is 0 Å². The van der Waals surface area contributed by atoms with Crippen molar-refractivity contribution in [3.05, 3.63) is 35.5 Å². The van der Waals surface area contributed by atoms with E-state index in [1.54, 1.807) is 25.2 Å². The Morgan fingerprint density at radius 2 is 2.09 bits per heavy atom. The molecule has 2 rings (SSSR count). The predicted molar refractivity (Wildman–Crippen MR) is 85.3 cm³/mol. The van der Waals surface area contributed by atoms with Gasteiger partial charge in [0, 0.05) is 12.6 Å². The second kappa shape index (κ2) is 6.13. The summed E-state index contributed by atoms with van der Waals surface area (Å²) in [6.45, 7) is 6.64. The molecule has 0 saturated heterocycles. The number of nitriles is 1. The normalized spacial score (nSPS) is 11.1. The lowest BCUT2D eigenvalue weighted by molar-refractivity contribution is 0.0685. The highest BCUT2D eigenvalue weighted by molar-refractivity contribution is 5.87. The van der Waals surface area contributed by atoms with Crippen LogP contribution in [0.1, 0.15) is 36.8 Å². The summed E-state index contributed by atoms with van der Waals surface area (Å²) in [6, 6.07) is 8.74. The first-order valence-electron chi connectivity index (χ1n) is 7.16. The lowest BCUT2D eigenvalue weighted by Crippen LogP contribution is -2.17. The number of carboxylic acids is 1. The first kappa shape index (κ1) is 16.6. The molecule has 0 amide bonds. The lowest BCUT2D eigenvalue weighted by Gasteiger charge is -2.19. The van der Waals surface area contributed by atoms with Crippen LogP contribution in [0.2, 0.25) is 0 Å². The number of carbonyl (C=O) groups is 1. The van der Waals surface area contributed by atoms with Gasteiger partial charge in [0.15, 0.2) is 0 Å². The Labute approximate surface area is 134 Å². The van der Waals surface area contributed by atoms with E-state index in [1.165, 1.54) is 10.7 Å². The molecule has 0 unspecified atom stereocenters. The third-order valence-electron chi connectivity index (χ3n) is 3.16. The molecule has 1 N–H and O–H groups in total. The van der Waals surface area contributed by atoms with E-state index in [-0.39, 0.29) is 11.1 Å². The number of aromatic carboxylic acids is 1. The summed E-state index contributed by atoms with van der Waals surface area (Å²) in [5.41, 5.74) is 1.65. The lowest BCUT2D eigenvalue weighted by atomic mass is 9.98. The number of aromatic nitrogens is 2. The highest BCUT2D eigenvalue weighted by atomic mass is 16.5. The number of carboxylic acid groups (broad SMARTS) is 1. The first-order valence-corrected chi connectivity index (χ1v) is 7.16. The van der Waals surface area contributed by atoms with Crippen LogP contribution in [0.5, 0.6) is 5.75 Å². The van der Waals surface area contributed by atoms with Crippen molar-refractivity contribution in [2.24, 2.45) is 12.5 Å². The third-order valence-corrected chi connectivity index (χ3v) is 3.16. The van der Waals surface area contributed by atoms with E-state index < -0.39 is 5.97 Å². The van der Waals surface area contributed by atoms with Gasteiger partial charge in [-0.1, -0.05) is 20.8 Å². The van der Waals surface area contributed by atoms with Crippen LogP contribution < -0.4 is 4.74 Å². The van der Waals surface area contributed by atoms with Crippen molar-refractivity contribution in [2.45, 2.75) is 20.8 Å². The minimum Gasteiger partial charge on any atom is -0.492 e. The number of nitrogens with zero attached hydrogens (tertiary/aromatic N) is 3. The van der Waals surface area contributed by atoms with Crippen LogP contribution in [0.25, 0.3) is 11.3 Å². The summed E-state index contributed by atoms with van der Waals surface area (Å²) in [7, 11) is 1.57. The summed E-state index contributed by atoms with van der Waals surface area (Å²) in [4.78, 5) is 11.1. The molecule has 0 aliphatic rings. The molecule has 0 radical (unpaired) electrons. The van der Waals surface area contributed by atoms with E-state index in [0.29, 0.717) is 29.2 Å². The monoisotopic (exact) mass is 313 g/mol. The highest BCUT2D eigenvalue weighted by Gasteiger charge is 2.16. The Kier molecular flexibility index (Phi) is 4.41. The van der Waals surface area contributed by atoms with E-state index in [4.69, 9.17) is 9.84 Å². The fourth-order valence-electron chi connectivity index (χ4n) is 2.01. The van der Waals surface area contributed by atoms with Crippen molar-refractivity contribution >= 4 is 5.97 Å². The highest BCUT2D eigenvalue weighted by Crippen LogP contribution is 2.27. The molecule has 120 valence electrons. The number of rotatable bonds is 4. The van der Waals surface area contributed by atoms with Gasteiger partial charge >= 0.3 is 5.97 Å². The molecule has 0 fully saturated rings. The summed E-state index contributed by atoms with van der Waals surface area (Å²) >= 11 is 0. The summed E-state index contributed by atoms with van der Waals surface area (Å²) in [6.07, 6.45) is 0. The maximum atomic E-state index is 11.1. The fourth-order valence-corrected chi connectivity index (χ4v) is 2.01. The second-order valence-electron chi connectivity index (χ2n) is 6.52. The topological polar surface area (TPSA) is 88.1 Å². The average Bonchev–Trinajstić information content (AvgIpc) is 2.86. The van der Waals surface area contributed by atoms with Gasteiger partial charge in [0.25, 0.3) is 0 Å². The molecular formula is C17H19N3O3. The SMILES string of the molecule is Cn1nc(-c2ccc(OCC(C)(C)C)c(C#N)c2)cc1C(=O)O. The third kappa shape index (κ3) is 3.89. The predicted octanol–water partition coefficient (Wildman–Crippen LogP) is 3.08.